The van der Waals surface area contributed by atoms with Crippen molar-refractivity contribution in [3.05, 3.63) is 52.1 Å². The number of carbonyl (C=O) groups excluding carboxylic acids is 2. The van der Waals surface area contributed by atoms with Crippen LogP contribution in [-0.2, 0) is 15.8 Å². The zero-order chi connectivity index (χ0) is 25.3. The van der Waals surface area contributed by atoms with Crippen LogP contribution in [0.2, 0.25) is 18.1 Å². The summed E-state index contributed by atoms with van der Waals surface area (Å²) in [4.78, 5) is 37.1. The van der Waals surface area contributed by atoms with Gasteiger partial charge in [-0.1, -0.05) is 20.8 Å². The molecule has 2 N–H and O–H groups in total. The van der Waals surface area contributed by atoms with Crippen molar-refractivity contribution in [2.75, 3.05) is 11.9 Å². The van der Waals surface area contributed by atoms with Crippen molar-refractivity contribution in [1.29, 1.82) is 0 Å². The molecule has 0 aliphatic rings. The van der Waals surface area contributed by atoms with E-state index in [-0.39, 0.29) is 40.8 Å². The Morgan fingerprint density at radius 3 is 2.27 bits per heavy atom. The van der Waals surface area contributed by atoms with Crippen molar-refractivity contribution in [2.45, 2.75) is 66.2 Å². The molecule has 2 rings (SSSR count). The molecule has 1 aromatic heterocycles. The third kappa shape index (κ3) is 5.59. The molecule has 7 nitrogen and oxygen atoms in total. The molecular formula is C24H33FN2O5Si. The maximum Gasteiger partial charge on any atom is 0.378 e. The fourth-order valence-electron chi connectivity index (χ4n) is 3.43. The van der Waals surface area contributed by atoms with Crippen molar-refractivity contribution in [3.8, 4) is 0 Å². The minimum Gasteiger partial charge on any atom is -0.475 e. The number of rotatable bonds is 8. The zero-order valence-electron chi connectivity index (χ0n) is 20.6. The van der Waals surface area contributed by atoms with E-state index in [1.54, 1.807) is 25.3 Å². The van der Waals surface area contributed by atoms with Crippen LogP contribution in [0.5, 0.6) is 0 Å². The van der Waals surface area contributed by atoms with Gasteiger partial charge >= 0.3 is 5.97 Å². The number of Topliss-reactive ketones (excluding diaryl/α,β-unsaturated/α-hetero) is 1. The van der Waals surface area contributed by atoms with Gasteiger partial charge in [-0.25, -0.2) is 9.18 Å². The van der Waals surface area contributed by atoms with Crippen LogP contribution >= 0.6 is 0 Å². The number of aliphatic carboxylic acids is 1. The van der Waals surface area contributed by atoms with Gasteiger partial charge in [0.25, 0.3) is 11.7 Å². The van der Waals surface area contributed by atoms with E-state index in [0.29, 0.717) is 16.9 Å². The van der Waals surface area contributed by atoms with Gasteiger partial charge in [0.2, 0.25) is 0 Å². The number of carboxylic acid groups (broad SMARTS) is 1. The van der Waals surface area contributed by atoms with Crippen molar-refractivity contribution < 1.29 is 28.3 Å². The van der Waals surface area contributed by atoms with E-state index in [9.17, 15) is 23.9 Å². The summed E-state index contributed by atoms with van der Waals surface area (Å²) >= 11 is 0. The minimum atomic E-state index is -2.06. The average molecular weight is 477 g/mol. The van der Waals surface area contributed by atoms with E-state index >= 15 is 0 Å². The van der Waals surface area contributed by atoms with E-state index in [4.69, 9.17) is 4.43 Å². The number of carbonyl (C=O) groups is 3. The number of carboxylic acids is 1. The number of benzene rings is 1. The number of hydrogen-bond acceptors (Lipinski definition) is 4. The van der Waals surface area contributed by atoms with Crippen LogP contribution in [-0.4, -0.2) is 42.3 Å². The van der Waals surface area contributed by atoms with Gasteiger partial charge in [0.15, 0.2) is 8.32 Å². The molecule has 0 aliphatic heterocycles. The Kier molecular flexibility index (Phi) is 7.70. The molecule has 33 heavy (non-hydrogen) atoms. The summed E-state index contributed by atoms with van der Waals surface area (Å²) in [5.74, 6) is -3.56. The van der Waals surface area contributed by atoms with Crippen molar-refractivity contribution in [3.63, 3.8) is 0 Å². The number of nitrogens with one attached hydrogen (secondary N) is 1. The van der Waals surface area contributed by atoms with Gasteiger partial charge in [-0.3, -0.25) is 9.59 Å². The van der Waals surface area contributed by atoms with E-state index in [0.717, 1.165) is 0 Å². The summed E-state index contributed by atoms with van der Waals surface area (Å²) in [5, 5.41) is 12.1. The summed E-state index contributed by atoms with van der Waals surface area (Å²) in [6.07, 6.45) is 0. The van der Waals surface area contributed by atoms with Crippen molar-refractivity contribution >= 4 is 31.7 Å². The molecule has 180 valence electrons. The second-order valence-electron chi connectivity index (χ2n) is 9.75. The van der Waals surface area contributed by atoms with Crippen LogP contribution in [0.15, 0.2) is 18.2 Å². The minimum absolute atomic E-state index is 0.00724. The molecule has 9 heteroatoms. The van der Waals surface area contributed by atoms with Gasteiger partial charge < -0.3 is 19.4 Å². The molecule has 0 unspecified atom stereocenters. The molecule has 0 bridgehead atoms. The summed E-state index contributed by atoms with van der Waals surface area (Å²) in [6.45, 7) is 15.9. The molecule has 0 spiro atoms. The van der Waals surface area contributed by atoms with Gasteiger partial charge in [-0.05, 0) is 68.2 Å². The SMILES string of the molecule is Cc1cc(NC(=O)c2c(C)c(C(=O)C(=O)O)n(CCO[Si](C)(C)C(C)(C)C)c2C)ccc1F. The third-order valence-corrected chi connectivity index (χ3v) is 10.9. The van der Waals surface area contributed by atoms with Crippen LogP contribution in [0.3, 0.4) is 0 Å². The quantitative estimate of drug-likeness (QED) is 0.314. The van der Waals surface area contributed by atoms with Crippen LogP contribution < -0.4 is 5.32 Å². The molecule has 0 aliphatic carbocycles. The number of aromatic nitrogens is 1. The lowest BCUT2D eigenvalue weighted by molar-refractivity contribution is -0.131. The number of anilines is 1. The van der Waals surface area contributed by atoms with Crippen molar-refractivity contribution in [2.24, 2.45) is 0 Å². The van der Waals surface area contributed by atoms with Crippen LogP contribution in [0.1, 0.15) is 58.4 Å². The molecular weight excluding hydrogens is 443 g/mol. The number of hydrogen-bond donors (Lipinski definition) is 2. The fraction of sp³-hybridized carbons (Fsp3) is 0.458. The highest BCUT2D eigenvalue weighted by atomic mass is 28.4. The van der Waals surface area contributed by atoms with E-state index in [1.807, 2.05) is 0 Å². The Labute approximate surface area is 195 Å². The summed E-state index contributed by atoms with van der Waals surface area (Å²) < 4.78 is 21.3. The van der Waals surface area contributed by atoms with Gasteiger partial charge in [0, 0.05) is 17.9 Å². The molecule has 0 saturated carbocycles. The smallest absolute Gasteiger partial charge is 0.378 e. The second kappa shape index (κ2) is 9.60. The summed E-state index contributed by atoms with van der Waals surface area (Å²) in [7, 11) is -2.06. The van der Waals surface area contributed by atoms with Gasteiger partial charge in [0.05, 0.1) is 12.2 Å². The van der Waals surface area contributed by atoms with E-state index < -0.39 is 26.0 Å². The first-order chi connectivity index (χ1) is 15.1. The molecule has 0 radical (unpaired) electrons. The Bertz CT molecular complexity index is 1100. The van der Waals surface area contributed by atoms with Gasteiger partial charge in [-0.2, -0.15) is 0 Å². The molecule has 1 amide bonds. The number of halogens is 1. The normalized spacial score (nSPS) is 12.0. The lowest BCUT2D eigenvalue weighted by Crippen LogP contribution is -2.41. The van der Waals surface area contributed by atoms with Gasteiger partial charge in [-0.15, -0.1) is 0 Å². The Hall–Kier alpha value is -2.78. The topological polar surface area (TPSA) is 97.6 Å². The van der Waals surface area contributed by atoms with Crippen molar-refractivity contribution in [1.82, 2.24) is 4.57 Å². The molecule has 0 saturated heterocycles. The van der Waals surface area contributed by atoms with E-state index in [2.05, 4.69) is 39.2 Å². The monoisotopic (exact) mass is 476 g/mol. The summed E-state index contributed by atoms with van der Waals surface area (Å²) in [6, 6.07) is 4.21. The largest absolute Gasteiger partial charge is 0.475 e. The first-order valence-electron chi connectivity index (χ1n) is 10.8. The highest BCUT2D eigenvalue weighted by Crippen LogP contribution is 2.36. The first-order valence-corrected chi connectivity index (χ1v) is 13.7. The van der Waals surface area contributed by atoms with Crippen LogP contribution in [0, 0.1) is 26.6 Å². The number of ketones is 1. The highest BCUT2D eigenvalue weighted by molar-refractivity contribution is 6.74. The fourth-order valence-corrected chi connectivity index (χ4v) is 4.46. The zero-order valence-corrected chi connectivity index (χ0v) is 21.6. The first kappa shape index (κ1) is 26.5. The number of nitrogens with zero attached hydrogens (tertiary/aromatic N) is 1. The van der Waals surface area contributed by atoms with Gasteiger partial charge in [0.1, 0.15) is 11.5 Å². The molecule has 1 aromatic carbocycles. The molecule has 0 fully saturated rings. The Morgan fingerprint density at radius 1 is 1.15 bits per heavy atom. The molecule has 2 aromatic rings. The molecule has 0 atom stereocenters. The molecule has 1 heterocycles. The number of aryl methyl sites for hydroxylation is 1. The maximum absolute atomic E-state index is 13.6. The van der Waals surface area contributed by atoms with Crippen LogP contribution in [0.4, 0.5) is 10.1 Å². The van der Waals surface area contributed by atoms with Crippen LogP contribution in [0.25, 0.3) is 0 Å². The highest BCUT2D eigenvalue weighted by Gasteiger charge is 2.37. The Balaban J connectivity index is 2.42. The summed E-state index contributed by atoms with van der Waals surface area (Å²) in [5.41, 5.74) is 1.70. The predicted molar refractivity (Wildman–Crippen MR) is 128 cm³/mol. The lowest BCUT2D eigenvalue weighted by Gasteiger charge is -2.36. The standard InChI is InChI=1S/C24H33FN2O5Si/c1-14-13-17(9-10-18(14)25)26-22(29)19-15(2)20(21(28)23(30)31)27(16(19)3)11-12-32-33(7,8)24(4,5)6/h9-10,13H,11-12H2,1-8H3,(H,26,29)(H,30,31). The third-order valence-electron chi connectivity index (χ3n) is 6.40. The average Bonchev–Trinajstić information content (AvgIpc) is 2.93. The maximum atomic E-state index is 13.6. The Morgan fingerprint density at radius 2 is 1.76 bits per heavy atom. The van der Waals surface area contributed by atoms with E-state index in [1.165, 1.54) is 18.2 Å². The number of amides is 1. The lowest BCUT2D eigenvalue weighted by atomic mass is 10.1. The predicted octanol–water partition coefficient (Wildman–Crippen LogP) is 5.09. The second-order valence-corrected chi connectivity index (χ2v) is 14.6.